The predicted octanol–water partition coefficient (Wildman–Crippen LogP) is 4.03. The molecule has 0 fully saturated rings. The second kappa shape index (κ2) is 6.97. The number of anilines is 1. The van der Waals surface area contributed by atoms with E-state index in [1.54, 1.807) is 17.5 Å². The van der Waals surface area contributed by atoms with E-state index >= 15 is 0 Å². The zero-order chi connectivity index (χ0) is 17.9. The van der Waals surface area contributed by atoms with Crippen LogP contribution < -0.4 is 10.2 Å². The van der Waals surface area contributed by atoms with Gasteiger partial charge in [-0.1, -0.05) is 30.3 Å². The van der Waals surface area contributed by atoms with E-state index in [4.69, 9.17) is 0 Å². The molecule has 2 heterocycles. The Kier molecular flexibility index (Phi) is 4.37. The molecule has 26 heavy (non-hydrogen) atoms. The lowest BCUT2D eigenvalue weighted by atomic mass is 10.2. The van der Waals surface area contributed by atoms with Gasteiger partial charge in [0.1, 0.15) is 5.69 Å². The van der Waals surface area contributed by atoms with E-state index in [0.29, 0.717) is 6.54 Å². The molecule has 0 bridgehead atoms. The molecule has 7 heteroatoms. The Balaban J connectivity index is 1.51. The lowest BCUT2D eigenvalue weighted by molar-refractivity contribution is 0.247. The molecular weight excluding hydrogens is 346 g/mol. The van der Waals surface area contributed by atoms with Crippen molar-refractivity contribution in [2.45, 2.75) is 6.54 Å². The number of hydrogen-bond acceptors (Lipinski definition) is 4. The number of carbonyl (C=O) groups is 1. The van der Waals surface area contributed by atoms with Crippen LogP contribution in [0.2, 0.25) is 0 Å². The van der Waals surface area contributed by atoms with Crippen LogP contribution in [0.15, 0.2) is 59.4 Å². The number of carbonyl (C=O) groups excluding carboxylic acids is 1. The number of hydrogen-bond donors (Lipinski definition) is 2. The summed E-state index contributed by atoms with van der Waals surface area (Å²) in [4.78, 5) is 26.1. The topological polar surface area (TPSA) is 73.9 Å². The van der Waals surface area contributed by atoms with Crippen LogP contribution in [0.4, 0.5) is 10.5 Å². The van der Waals surface area contributed by atoms with Crippen LogP contribution in [0.1, 0.15) is 5.56 Å². The Labute approximate surface area is 154 Å². The molecule has 0 unspecified atom stereocenters. The zero-order valence-electron chi connectivity index (χ0n) is 14.1. The second-order valence-corrected chi connectivity index (χ2v) is 6.58. The summed E-state index contributed by atoms with van der Waals surface area (Å²) in [5.41, 5.74) is 6.16. The van der Waals surface area contributed by atoms with Crippen LogP contribution in [0.3, 0.4) is 0 Å². The summed E-state index contributed by atoms with van der Waals surface area (Å²) >= 11 is 1.53. The van der Waals surface area contributed by atoms with Crippen LogP contribution in [0.25, 0.3) is 22.6 Å². The molecule has 4 rings (SSSR count). The fourth-order valence-corrected chi connectivity index (χ4v) is 3.20. The van der Waals surface area contributed by atoms with E-state index in [1.165, 1.54) is 11.3 Å². The smallest absolute Gasteiger partial charge is 0.321 e. The van der Waals surface area contributed by atoms with Gasteiger partial charge in [-0.05, 0) is 23.8 Å². The van der Waals surface area contributed by atoms with Crippen molar-refractivity contribution in [3.8, 4) is 11.5 Å². The molecule has 2 amide bonds. The summed E-state index contributed by atoms with van der Waals surface area (Å²) < 4.78 is 0. The number of aromatic nitrogens is 3. The molecule has 0 saturated carbocycles. The quantitative estimate of drug-likeness (QED) is 0.575. The third kappa shape index (κ3) is 3.29. The largest absolute Gasteiger partial charge is 0.337 e. The molecule has 0 saturated heterocycles. The molecule has 130 valence electrons. The minimum atomic E-state index is -0.160. The molecule has 0 atom stereocenters. The minimum absolute atomic E-state index is 0.160. The Morgan fingerprint density at radius 3 is 2.85 bits per heavy atom. The van der Waals surface area contributed by atoms with E-state index in [9.17, 15) is 4.79 Å². The van der Waals surface area contributed by atoms with Crippen molar-refractivity contribution in [1.82, 2.24) is 20.3 Å². The standard InChI is InChI=1S/C19H17N5OS/c1-24(19(25)20-10-13-5-3-2-4-6-13)14-7-8-15-16(9-14)23-18(22-15)17-11-26-12-21-17/h2-9,11-12H,10H2,1H3,(H,20,25)(H,22,23). The Bertz CT molecular complexity index is 1030. The number of thiazole rings is 1. The van der Waals surface area contributed by atoms with E-state index in [2.05, 4.69) is 20.3 Å². The Hall–Kier alpha value is -3.19. The first-order valence-electron chi connectivity index (χ1n) is 8.14. The van der Waals surface area contributed by atoms with E-state index < -0.39 is 0 Å². The summed E-state index contributed by atoms with van der Waals surface area (Å²) in [6.07, 6.45) is 0. The van der Waals surface area contributed by atoms with Crippen molar-refractivity contribution in [2.75, 3.05) is 11.9 Å². The number of aromatic amines is 1. The lowest BCUT2D eigenvalue weighted by Crippen LogP contribution is -2.36. The number of nitrogens with zero attached hydrogens (tertiary/aromatic N) is 3. The molecule has 2 aromatic carbocycles. The van der Waals surface area contributed by atoms with Gasteiger partial charge in [0.25, 0.3) is 0 Å². The van der Waals surface area contributed by atoms with Gasteiger partial charge in [-0.25, -0.2) is 14.8 Å². The summed E-state index contributed by atoms with van der Waals surface area (Å²) in [7, 11) is 1.75. The fourth-order valence-electron chi connectivity index (χ4n) is 2.67. The van der Waals surface area contributed by atoms with Crippen molar-refractivity contribution in [2.24, 2.45) is 0 Å². The Morgan fingerprint density at radius 1 is 1.23 bits per heavy atom. The van der Waals surface area contributed by atoms with Crippen LogP contribution in [0, 0.1) is 0 Å². The summed E-state index contributed by atoms with van der Waals surface area (Å²) in [5.74, 6) is 0.731. The number of imidazole rings is 1. The van der Waals surface area contributed by atoms with Crippen LogP contribution >= 0.6 is 11.3 Å². The molecule has 2 N–H and O–H groups in total. The van der Waals surface area contributed by atoms with Crippen molar-refractivity contribution >= 4 is 34.1 Å². The number of urea groups is 1. The predicted molar refractivity (Wildman–Crippen MR) is 104 cm³/mol. The maximum atomic E-state index is 12.4. The number of nitrogens with one attached hydrogen (secondary N) is 2. The van der Waals surface area contributed by atoms with Crippen molar-refractivity contribution in [3.05, 3.63) is 65.0 Å². The van der Waals surface area contributed by atoms with Gasteiger partial charge in [-0.3, -0.25) is 4.90 Å². The molecule has 2 aromatic heterocycles. The van der Waals surface area contributed by atoms with Crippen molar-refractivity contribution in [1.29, 1.82) is 0 Å². The molecule has 0 aliphatic heterocycles. The highest BCUT2D eigenvalue weighted by atomic mass is 32.1. The minimum Gasteiger partial charge on any atom is -0.337 e. The van der Waals surface area contributed by atoms with Crippen LogP contribution in [0.5, 0.6) is 0 Å². The zero-order valence-corrected chi connectivity index (χ0v) is 15.0. The maximum absolute atomic E-state index is 12.4. The van der Waals surface area contributed by atoms with Gasteiger partial charge >= 0.3 is 6.03 Å². The first-order valence-corrected chi connectivity index (χ1v) is 9.09. The number of fused-ring (bicyclic) bond motifs is 1. The SMILES string of the molecule is CN(C(=O)NCc1ccccc1)c1ccc2nc(-c3cscn3)[nH]c2c1. The van der Waals surface area contributed by atoms with Gasteiger partial charge in [0.15, 0.2) is 5.82 Å². The summed E-state index contributed by atoms with van der Waals surface area (Å²) in [5, 5.41) is 4.87. The average molecular weight is 363 g/mol. The second-order valence-electron chi connectivity index (χ2n) is 5.86. The monoisotopic (exact) mass is 363 g/mol. The van der Waals surface area contributed by atoms with Gasteiger partial charge in [-0.2, -0.15) is 0 Å². The number of H-pyrrole nitrogens is 1. The third-order valence-corrected chi connectivity index (χ3v) is 4.71. The highest BCUT2D eigenvalue weighted by molar-refractivity contribution is 7.07. The molecule has 6 nitrogen and oxygen atoms in total. The number of amides is 2. The van der Waals surface area contributed by atoms with Gasteiger partial charge < -0.3 is 10.3 Å². The first kappa shape index (κ1) is 16.3. The molecule has 0 aliphatic rings. The Morgan fingerprint density at radius 2 is 2.08 bits per heavy atom. The van der Waals surface area contributed by atoms with Gasteiger partial charge in [0, 0.05) is 24.7 Å². The van der Waals surface area contributed by atoms with Crippen LogP contribution in [-0.4, -0.2) is 28.0 Å². The first-order chi connectivity index (χ1) is 12.7. The van der Waals surface area contributed by atoms with E-state index in [-0.39, 0.29) is 6.03 Å². The molecule has 4 aromatic rings. The van der Waals surface area contributed by atoms with Gasteiger partial charge in [-0.15, -0.1) is 11.3 Å². The van der Waals surface area contributed by atoms with E-state index in [1.807, 2.05) is 53.9 Å². The molecule has 0 radical (unpaired) electrons. The maximum Gasteiger partial charge on any atom is 0.321 e. The van der Waals surface area contributed by atoms with Gasteiger partial charge in [0.2, 0.25) is 0 Å². The van der Waals surface area contributed by atoms with Gasteiger partial charge in [0.05, 0.1) is 16.5 Å². The average Bonchev–Trinajstić information content (AvgIpc) is 3.34. The highest BCUT2D eigenvalue weighted by Gasteiger charge is 2.13. The number of benzene rings is 2. The van der Waals surface area contributed by atoms with Crippen LogP contribution in [-0.2, 0) is 6.54 Å². The summed E-state index contributed by atoms with van der Waals surface area (Å²) in [6, 6.07) is 15.4. The highest BCUT2D eigenvalue weighted by Crippen LogP contribution is 2.24. The fraction of sp³-hybridized carbons (Fsp3) is 0.105. The molecule has 0 spiro atoms. The summed E-state index contributed by atoms with van der Waals surface area (Å²) in [6.45, 7) is 0.490. The van der Waals surface area contributed by atoms with Crippen molar-refractivity contribution < 1.29 is 4.79 Å². The molecule has 0 aliphatic carbocycles. The molecular formula is C19H17N5OS. The number of rotatable bonds is 4. The lowest BCUT2D eigenvalue weighted by Gasteiger charge is -2.18. The third-order valence-electron chi connectivity index (χ3n) is 4.12. The van der Waals surface area contributed by atoms with E-state index in [0.717, 1.165) is 33.8 Å². The van der Waals surface area contributed by atoms with Crippen molar-refractivity contribution in [3.63, 3.8) is 0 Å². The normalized spacial score (nSPS) is 10.8.